The first-order chi connectivity index (χ1) is 16.7. The Labute approximate surface area is 204 Å². The zero-order valence-corrected chi connectivity index (χ0v) is 20.5. The van der Waals surface area contributed by atoms with Crippen LogP contribution >= 0.6 is 0 Å². The Balaban J connectivity index is 1.76. The number of carbonyl (C=O) groups excluding carboxylic acids is 3. The summed E-state index contributed by atoms with van der Waals surface area (Å²) >= 11 is 0. The third kappa shape index (κ3) is 6.00. The van der Waals surface area contributed by atoms with E-state index in [1.54, 1.807) is 47.4 Å². The van der Waals surface area contributed by atoms with Gasteiger partial charge in [-0.05, 0) is 55.8 Å². The fraction of sp³-hybridized carbons (Fsp3) is 0.269. The first-order valence-electron chi connectivity index (χ1n) is 11.1. The molecule has 9 nitrogen and oxygen atoms in total. The summed E-state index contributed by atoms with van der Waals surface area (Å²) in [5.74, 6) is -0.314. The van der Waals surface area contributed by atoms with Crippen molar-refractivity contribution >= 4 is 29.3 Å². The molecule has 1 aromatic carbocycles. The molecule has 0 unspecified atom stereocenters. The number of amides is 3. The summed E-state index contributed by atoms with van der Waals surface area (Å²) in [5.41, 5.74) is 5.16. The van der Waals surface area contributed by atoms with Crippen LogP contribution in [0.15, 0.2) is 54.9 Å². The van der Waals surface area contributed by atoms with E-state index in [1.807, 2.05) is 38.1 Å². The van der Waals surface area contributed by atoms with E-state index in [4.69, 9.17) is 0 Å². The molecule has 0 bridgehead atoms. The highest BCUT2D eigenvalue weighted by Crippen LogP contribution is 2.27. The maximum atomic E-state index is 12.9. The van der Waals surface area contributed by atoms with Crippen LogP contribution < -0.4 is 15.1 Å². The Morgan fingerprint density at radius 1 is 1.03 bits per heavy atom. The molecule has 1 N–H and O–H groups in total. The summed E-state index contributed by atoms with van der Waals surface area (Å²) < 4.78 is 4.56. The second kappa shape index (κ2) is 11.2. The number of nitrogens with zero attached hydrogens (tertiary/aromatic N) is 4. The van der Waals surface area contributed by atoms with Crippen LogP contribution in [0.5, 0.6) is 0 Å². The summed E-state index contributed by atoms with van der Waals surface area (Å²) in [4.78, 5) is 48.3. The Hall–Kier alpha value is -4.27. The van der Waals surface area contributed by atoms with Gasteiger partial charge in [0.2, 0.25) is 5.91 Å². The maximum absolute atomic E-state index is 12.9. The van der Waals surface area contributed by atoms with Crippen molar-refractivity contribution in [1.82, 2.24) is 15.3 Å². The monoisotopic (exact) mass is 475 g/mol. The minimum absolute atomic E-state index is 0.138. The molecule has 35 heavy (non-hydrogen) atoms. The van der Waals surface area contributed by atoms with Gasteiger partial charge >= 0.3 is 6.09 Å². The van der Waals surface area contributed by atoms with E-state index in [0.29, 0.717) is 17.8 Å². The number of pyridine rings is 2. The van der Waals surface area contributed by atoms with Gasteiger partial charge in [0.25, 0.3) is 5.91 Å². The molecule has 0 aliphatic carbocycles. The van der Waals surface area contributed by atoms with Crippen LogP contribution in [0.4, 0.5) is 16.2 Å². The SMILES string of the molecule is COC(=O)NCCN(C(C)=O)c1ccc(-c2ccc(C(=O)N(C)c3cccnc3C)cn2)cc1C. The Morgan fingerprint density at radius 3 is 2.40 bits per heavy atom. The Bertz CT molecular complexity index is 1230. The van der Waals surface area contributed by atoms with Crippen LogP contribution in [0, 0.1) is 13.8 Å². The average molecular weight is 476 g/mol. The molecule has 0 aliphatic heterocycles. The van der Waals surface area contributed by atoms with Gasteiger partial charge in [-0.3, -0.25) is 19.6 Å². The molecule has 182 valence electrons. The normalized spacial score (nSPS) is 10.4. The third-order valence-corrected chi connectivity index (χ3v) is 5.61. The van der Waals surface area contributed by atoms with E-state index in [0.717, 1.165) is 28.2 Å². The van der Waals surface area contributed by atoms with E-state index < -0.39 is 6.09 Å². The zero-order chi connectivity index (χ0) is 25.5. The fourth-order valence-corrected chi connectivity index (χ4v) is 3.73. The smallest absolute Gasteiger partial charge is 0.406 e. The highest BCUT2D eigenvalue weighted by Gasteiger charge is 2.17. The van der Waals surface area contributed by atoms with Gasteiger partial charge in [-0.25, -0.2) is 4.79 Å². The number of methoxy groups -OCH3 is 1. The molecule has 2 heterocycles. The van der Waals surface area contributed by atoms with Crippen molar-refractivity contribution in [2.45, 2.75) is 20.8 Å². The lowest BCUT2D eigenvalue weighted by atomic mass is 10.0. The highest BCUT2D eigenvalue weighted by molar-refractivity contribution is 6.06. The van der Waals surface area contributed by atoms with Crippen LogP contribution in [0.3, 0.4) is 0 Å². The molecule has 0 atom stereocenters. The molecule has 2 aromatic heterocycles. The number of alkyl carbamates (subject to hydrolysis) is 1. The minimum Gasteiger partial charge on any atom is -0.453 e. The number of anilines is 2. The number of hydrogen-bond donors (Lipinski definition) is 1. The molecule has 0 saturated carbocycles. The van der Waals surface area contributed by atoms with Crippen molar-refractivity contribution in [3.8, 4) is 11.3 Å². The van der Waals surface area contributed by atoms with Gasteiger partial charge in [0.05, 0.1) is 29.7 Å². The molecule has 3 rings (SSSR count). The number of aromatic nitrogens is 2. The van der Waals surface area contributed by atoms with Gasteiger partial charge in [0, 0.05) is 50.7 Å². The molecule has 3 aromatic rings. The molecular formula is C26H29N5O4. The first kappa shape index (κ1) is 25.4. The van der Waals surface area contributed by atoms with Crippen LogP contribution in [0.25, 0.3) is 11.3 Å². The minimum atomic E-state index is -0.546. The summed E-state index contributed by atoms with van der Waals surface area (Å²) in [6, 6.07) is 12.9. The number of ether oxygens (including phenoxy) is 1. The second-order valence-corrected chi connectivity index (χ2v) is 7.99. The zero-order valence-electron chi connectivity index (χ0n) is 20.5. The van der Waals surface area contributed by atoms with E-state index >= 15 is 0 Å². The van der Waals surface area contributed by atoms with E-state index in [9.17, 15) is 14.4 Å². The molecule has 0 fully saturated rings. The Kier molecular flexibility index (Phi) is 8.14. The van der Waals surface area contributed by atoms with Gasteiger partial charge < -0.3 is 19.9 Å². The van der Waals surface area contributed by atoms with Gasteiger partial charge in [-0.2, -0.15) is 0 Å². The lowest BCUT2D eigenvalue weighted by Crippen LogP contribution is -2.37. The van der Waals surface area contributed by atoms with Crippen molar-refractivity contribution < 1.29 is 19.1 Å². The van der Waals surface area contributed by atoms with Crippen molar-refractivity contribution in [2.24, 2.45) is 0 Å². The van der Waals surface area contributed by atoms with E-state index in [-0.39, 0.29) is 18.4 Å². The lowest BCUT2D eigenvalue weighted by molar-refractivity contribution is -0.116. The summed E-state index contributed by atoms with van der Waals surface area (Å²) in [6.07, 6.45) is 2.70. The predicted octanol–water partition coefficient (Wildman–Crippen LogP) is 3.75. The Morgan fingerprint density at radius 2 is 1.80 bits per heavy atom. The van der Waals surface area contributed by atoms with Crippen LogP contribution in [-0.2, 0) is 9.53 Å². The van der Waals surface area contributed by atoms with Crippen molar-refractivity contribution in [2.75, 3.05) is 37.0 Å². The number of carbonyl (C=O) groups is 3. The van der Waals surface area contributed by atoms with Crippen LogP contribution in [0.1, 0.15) is 28.5 Å². The molecule has 0 radical (unpaired) electrons. The largest absolute Gasteiger partial charge is 0.453 e. The van der Waals surface area contributed by atoms with Gasteiger partial charge in [0.1, 0.15) is 0 Å². The van der Waals surface area contributed by atoms with Crippen LogP contribution in [-0.4, -0.2) is 55.1 Å². The van der Waals surface area contributed by atoms with Crippen molar-refractivity contribution in [3.63, 3.8) is 0 Å². The standard InChI is InChI=1S/C26H29N5O4/c1-17-15-20(9-11-23(17)31(19(3)32)14-13-28-26(34)35-5)22-10-8-21(16-29-22)25(33)30(4)24-7-6-12-27-18(24)2/h6-12,15-16H,13-14H2,1-5H3,(H,28,34). The van der Waals surface area contributed by atoms with E-state index in [1.165, 1.54) is 14.0 Å². The number of aryl methyl sites for hydroxylation is 2. The van der Waals surface area contributed by atoms with Gasteiger partial charge in [-0.1, -0.05) is 6.07 Å². The average Bonchev–Trinajstić information content (AvgIpc) is 2.86. The molecule has 0 spiro atoms. The van der Waals surface area contributed by atoms with Crippen molar-refractivity contribution in [3.05, 3.63) is 71.7 Å². The predicted molar refractivity (Wildman–Crippen MR) is 135 cm³/mol. The molecular weight excluding hydrogens is 446 g/mol. The number of rotatable bonds is 7. The lowest BCUT2D eigenvalue weighted by Gasteiger charge is -2.23. The van der Waals surface area contributed by atoms with Crippen molar-refractivity contribution in [1.29, 1.82) is 0 Å². The quantitative estimate of drug-likeness (QED) is 0.558. The maximum Gasteiger partial charge on any atom is 0.406 e. The molecule has 0 aliphatic rings. The number of benzene rings is 1. The number of nitrogens with one attached hydrogen (secondary N) is 1. The van der Waals surface area contributed by atoms with E-state index in [2.05, 4.69) is 20.0 Å². The molecule has 9 heteroatoms. The summed E-state index contributed by atoms with van der Waals surface area (Å²) in [7, 11) is 3.00. The first-order valence-corrected chi connectivity index (χ1v) is 11.1. The van der Waals surface area contributed by atoms with Gasteiger partial charge in [0.15, 0.2) is 0 Å². The van der Waals surface area contributed by atoms with Gasteiger partial charge in [-0.15, -0.1) is 0 Å². The second-order valence-electron chi connectivity index (χ2n) is 7.99. The molecule has 3 amide bonds. The number of hydrogen-bond acceptors (Lipinski definition) is 6. The summed E-state index contributed by atoms with van der Waals surface area (Å²) in [6.45, 7) is 5.81. The fourth-order valence-electron chi connectivity index (χ4n) is 3.73. The third-order valence-electron chi connectivity index (χ3n) is 5.61. The summed E-state index contributed by atoms with van der Waals surface area (Å²) in [5, 5.41) is 2.58. The highest BCUT2D eigenvalue weighted by atomic mass is 16.5. The molecule has 0 saturated heterocycles. The topological polar surface area (TPSA) is 105 Å². The van der Waals surface area contributed by atoms with Crippen LogP contribution in [0.2, 0.25) is 0 Å².